The molecule has 1 amide bonds. The third-order valence-corrected chi connectivity index (χ3v) is 1.44. The lowest BCUT2D eigenvalue weighted by molar-refractivity contribution is -0.124. The average Bonchev–Trinajstić information content (AvgIpc) is 2.53. The molecule has 1 atom stereocenters. The van der Waals surface area contributed by atoms with Gasteiger partial charge in [0.2, 0.25) is 0 Å². The van der Waals surface area contributed by atoms with Crippen LogP contribution in [-0.2, 0) is 4.79 Å². The summed E-state index contributed by atoms with van der Waals surface area (Å²) < 4.78 is 1.53. The summed E-state index contributed by atoms with van der Waals surface area (Å²) >= 11 is 0. The van der Waals surface area contributed by atoms with Gasteiger partial charge in [-0.05, 0) is 13.0 Å². The predicted molar refractivity (Wildman–Crippen MR) is 39.3 cm³/mol. The quantitative estimate of drug-likeness (QED) is 0.340. The highest BCUT2D eigenvalue weighted by molar-refractivity contribution is 5.78. The zero-order valence-electron chi connectivity index (χ0n) is 6.19. The molecule has 0 aliphatic heterocycles. The number of hydrazine groups is 1. The predicted octanol–water partition coefficient (Wildman–Crippen LogP) is -0.566. The standard InChI is InChI=1S/C6H10N4O/c1-5(6(11)9-7)10-4-2-3-8-10/h2-5H,7H2,1H3,(H,9,11)/t5-/m1/s1. The van der Waals surface area contributed by atoms with Crippen LogP contribution in [-0.4, -0.2) is 15.7 Å². The molecule has 0 bridgehead atoms. The second-order valence-corrected chi connectivity index (χ2v) is 2.17. The van der Waals surface area contributed by atoms with Crippen molar-refractivity contribution in [2.24, 2.45) is 5.84 Å². The van der Waals surface area contributed by atoms with Crippen molar-refractivity contribution >= 4 is 5.91 Å². The minimum atomic E-state index is -0.352. The Balaban J connectivity index is 2.70. The Labute approximate surface area is 64.2 Å². The Morgan fingerprint density at radius 2 is 2.55 bits per heavy atom. The number of amides is 1. The van der Waals surface area contributed by atoms with Crippen LogP contribution in [0.15, 0.2) is 18.5 Å². The molecule has 0 aliphatic carbocycles. The molecule has 0 spiro atoms. The first-order valence-corrected chi connectivity index (χ1v) is 3.25. The molecular formula is C6H10N4O. The summed E-state index contributed by atoms with van der Waals surface area (Å²) in [6, 6.07) is 1.40. The average molecular weight is 154 g/mol. The van der Waals surface area contributed by atoms with Gasteiger partial charge in [0.1, 0.15) is 6.04 Å². The molecular weight excluding hydrogens is 144 g/mol. The van der Waals surface area contributed by atoms with E-state index in [1.165, 1.54) is 4.68 Å². The zero-order chi connectivity index (χ0) is 8.27. The zero-order valence-corrected chi connectivity index (χ0v) is 6.19. The van der Waals surface area contributed by atoms with E-state index in [1.54, 1.807) is 25.4 Å². The number of carbonyl (C=O) groups is 1. The molecule has 0 radical (unpaired) electrons. The molecule has 3 N–H and O–H groups in total. The van der Waals surface area contributed by atoms with Crippen molar-refractivity contribution in [2.45, 2.75) is 13.0 Å². The molecule has 1 rings (SSSR count). The highest BCUT2D eigenvalue weighted by Gasteiger charge is 2.12. The van der Waals surface area contributed by atoms with E-state index in [1.807, 2.05) is 0 Å². The molecule has 5 nitrogen and oxygen atoms in total. The summed E-state index contributed by atoms with van der Waals surface area (Å²) in [5, 5.41) is 3.89. The van der Waals surface area contributed by atoms with Crippen molar-refractivity contribution in [1.82, 2.24) is 15.2 Å². The minimum Gasteiger partial charge on any atom is -0.292 e. The molecule has 60 valence electrons. The van der Waals surface area contributed by atoms with Gasteiger partial charge < -0.3 is 0 Å². The largest absolute Gasteiger partial charge is 0.292 e. The first-order chi connectivity index (χ1) is 5.25. The number of nitrogens with zero attached hydrogens (tertiary/aromatic N) is 2. The van der Waals surface area contributed by atoms with E-state index in [-0.39, 0.29) is 11.9 Å². The molecule has 0 aliphatic rings. The Bertz CT molecular complexity index is 231. The molecule has 0 saturated carbocycles. The topological polar surface area (TPSA) is 72.9 Å². The van der Waals surface area contributed by atoms with Gasteiger partial charge in [-0.1, -0.05) is 0 Å². The molecule has 0 unspecified atom stereocenters. The van der Waals surface area contributed by atoms with Crippen LogP contribution in [0.1, 0.15) is 13.0 Å². The van der Waals surface area contributed by atoms with Crippen LogP contribution >= 0.6 is 0 Å². The van der Waals surface area contributed by atoms with Crippen molar-refractivity contribution in [3.05, 3.63) is 18.5 Å². The van der Waals surface area contributed by atoms with Crippen LogP contribution in [0, 0.1) is 0 Å². The van der Waals surface area contributed by atoms with E-state index in [2.05, 4.69) is 10.5 Å². The fourth-order valence-electron chi connectivity index (χ4n) is 0.750. The molecule has 5 heteroatoms. The molecule has 11 heavy (non-hydrogen) atoms. The summed E-state index contributed by atoms with van der Waals surface area (Å²) in [7, 11) is 0. The molecule has 1 heterocycles. The summed E-state index contributed by atoms with van der Waals surface area (Å²) in [6.45, 7) is 1.72. The van der Waals surface area contributed by atoms with Crippen molar-refractivity contribution < 1.29 is 4.79 Å². The number of nitrogens with two attached hydrogens (primary N) is 1. The van der Waals surface area contributed by atoms with E-state index in [0.717, 1.165) is 0 Å². The third-order valence-electron chi connectivity index (χ3n) is 1.44. The van der Waals surface area contributed by atoms with Crippen LogP contribution in [0.3, 0.4) is 0 Å². The second kappa shape index (κ2) is 3.16. The van der Waals surface area contributed by atoms with Crippen LogP contribution < -0.4 is 11.3 Å². The first-order valence-electron chi connectivity index (χ1n) is 3.25. The Kier molecular flexibility index (Phi) is 2.22. The lowest BCUT2D eigenvalue weighted by Crippen LogP contribution is -2.36. The Hall–Kier alpha value is -1.36. The third kappa shape index (κ3) is 1.56. The number of hydrogen-bond acceptors (Lipinski definition) is 3. The maximum Gasteiger partial charge on any atom is 0.258 e. The highest BCUT2D eigenvalue weighted by Crippen LogP contribution is 2.01. The van der Waals surface area contributed by atoms with Gasteiger partial charge in [-0.3, -0.25) is 14.9 Å². The number of nitrogens with one attached hydrogen (secondary N) is 1. The summed E-state index contributed by atoms with van der Waals surface area (Å²) in [5.74, 6) is 4.68. The van der Waals surface area contributed by atoms with Gasteiger partial charge in [-0.25, -0.2) is 5.84 Å². The van der Waals surface area contributed by atoms with E-state index < -0.39 is 0 Å². The molecule has 0 aromatic carbocycles. The Morgan fingerprint density at radius 3 is 3.00 bits per heavy atom. The molecule has 0 fully saturated rings. The van der Waals surface area contributed by atoms with E-state index >= 15 is 0 Å². The summed E-state index contributed by atoms with van der Waals surface area (Å²) in [5.41, 5.74) is 2.05. The number of hydrogen-bond donors (Lipinski definition) is 2. The van der Waals surface area contributed by atoms with Gasteiger partial charge in [-0.15, -0.1) is 0 Å². The van der Waals surface area contributed by atoms with Gasteiger partial charge in [-0.2, -0.15) is 5.10 Å². The van der Waals surface area contributed by atoms with Crippen molar-refractivity contribution in [1.29, 1.82) is 0 Å². The lowest BCUT2D eigenvalue weighted by Gasteiger charge is -2.08. The van der Waals surface area contributed by atoms with Crippen molar-refractivity contribution in [3.8, 4) is 0 Å². The van der Waals surface area contributed by atoms with E-state index in [9.17, 15) is 4.79 Å². The lowest BCUT2D eigenvalue weighted by atomic mass is 10.3. The highest BCUT2D eigenvalue weighted by atomic mass is 16.2. The maximum absolute atomic E-state index is 10.9. The fraction of sp³-hybridized carbons (Fsp3) is 0.333. The van der Waals surface area contributed by atoms with Gasteiger partial charge in [0.15, 0.2) is 0 Å². The summed E-state index contributed by atoms with van der Waals surface area (Å²) in [4.78, 5) is 10.9. The van der Waals surface area contributed by atoms with Crippen LogP contribution in [0.2, 0.25) is 0 Å². The van der Waals surface area contributed by atoms with Crippen molar-refractivity contribution in [2.75, 3.05) is 0 Å². The number of aromatic nitrogens is 2. The SMILES string of the molecule is C[C@H](C(=O)NN)n1cccn1. The van der Waals surface area contributed by atoms with Gasteiger partial charge >= 0.3 is 0 Å². The number of carbonyl (C=O) groups excluding carboxylic acids is 1. The van der Waals surface area contributed by atoms with E-state index in [4.69, 9.17) is 5.84 Å². The molecule has 1 aromatic rings. The second-order valence-electron chi connectivity index (χ2n) is 2.17. The van der Waals surface area contributed by atoms with Crippen LogP contribution in [0.25, 0.3) is 0 Å². The Morgan fingerprint density at radius 1 is 1.82 bits per heavy atom. The summed E-state index contributed by atoms with van der Waals surface area (Å²) in [6.07, 6.45) is 3.32. The normalized spacial score (nSPS) is 12.5. The maximum atomic E-state index is 10.9. The van der Waals surface area contributed by atoms with Crippen molar-refractivity contribution in [3.63, 3.8) is 0 Å². The van der Waals surface area contributed by atoms with Gasteiger partial charge in [0.05, 0.1) is 0 Å². The van der Waals surface area contributed by atoms with E-state index in [0.29, 0.717) is 0 Å². The minimum absolute atomic E-state index is 0.256. The fourth-order valence-corrected chi connectivity index (χ4v) is 0.750. The van der Waals surface area contributed by atoms with Gasteiger partial charge in [0, 0.05) is 12.4 Å². The monoisotopic (exact) mass is 154 g/mol. The van der Waals surface area contributed by atoms with Gasteiger partial charge in [0.25, 0.3) is 5.91 Å². The molecule has 1 aromatic heterocycles. The first kappa shape index (κ1) is 7.74. The smallest absolute Gasteiger partial charge is 0.258 e. The molecule has 0 saturated heterocycles. The van der Waals surface area contributed by atoms with Crippen LogP contribution in [0.5, 0.6) is 0 Å². The van der Waals surface area contributed by atoms with Crippen LogP contribution in [0.4, 0.5) is 0 Å². The number of rotatable bonds is 2.